The Morgan fingerprint density at radius 1 is 1.10 bits per heavy atom. The molecule has 1 heterocycles. The summed E-state index contributed by atoms with van der Waals surface area (Å²) in [7, 11) is 1.60. The van der Waals surface area contributed by atoms with Crippen LogP contribution in [-0.2, 0) is 6.42 Å². The van der Waals surface area contributed by atoms with E-state index in [0.29, 0.717) is 24.1 Å². The topological polar surface area (TPSA) is 60.3 Å². The highest BCUT2D eigenvalue weighted by molar-refractivity contribution is 7.98. The first kappa shape index (κ1) is 21.4. The number of nitrogens with two attached hydrogens (primary N) is 1. The molecule has 0 atom stereocenters. The summed E-state index contributed by atoms with van der Waals surface area (Å²) in [4.78, 5) is 4.43. The van der Waals surface area contributed by atoms with Crippen molar-refractivity contribution in [3.8, 4) is 22.8 Å². The van der Waals surface area contributed by atoms with E-state index in [0.717, 1.165) is 40.1 Å². The van der Waals surface area contributed by atoms with Crippen LogP contribution in [0.25, 0.3) is 22.2 Å². The number of aryl methyl sites for hydroxylation is 1. The Hall–Kier alpha value is -2.32. The number of H-pyrrole nitrogens is 1. The smallest absolute Gasteiger partial charge is 0.496 e. The van der Waals surface area contributed by atoms with Crippen molar-refractivity contribution in [2.75, 3.05) is 19.9 Å². The third-order valence-electron chi connectivity index (χ3n) is 4.67. The number of unbranched alkanes of at least 4 members (excludes halogenated alkanes) is 1. The monoisotopic (exact) mass is 424 g/mol. The fourth-order valence-electron chi connectivity index (χ4n) is 3.37. The van der Waals surface area contributed by atoms with E-state index >= 15 is 0 Å². The van der Waals surface area contributed by atoms with E-state index in [1.165, 1.54) is 12.1 Å². The van der Waals surface area contributed by atoms with Crippen molar-refractivity contribution >= 4 is 22.7 Å². The maximum absolute atomic E-state index is 12.7. The number of aromatic amines is 1. The number of aromatic nitrogens is 1. The summed E-state index contributed by atoms with van der Waals surface area (Å²) >= 11 is 1.61. The Labute approximate surface area is 171 Å². The number of hydrogen-bond donors (Lipinski definition) is 2. The van der Waals surface area contributed by atoms with Crippen LogP contribution in [-0.4, -0.2) is 31.3 Å². The molecular formula is C21H23F3N2O2S. The molecule has 0 fully saturated rings. The number of thioether (sulfide) groups is 1. The molecular weight excluding hydrogens is 401 g/mol. The largest absolute Gasteiger partial charge is 0.573 e. The number of hydrogen-bond acceptors (Lipinski definition) is 4. The Kier molecular flexibility index (Phi) is 6.64. The number of fused-ring (bicyclic) bond motifs is 1. The van der Waals surface area contributed by atoms with Crippen LogP contribution in [0.3, 0.4) is 0 Å². The maximum atomic E-state index is 12.7. The molecule has 2 aromatic carbocycles. The lowest BCUT2D eigenvalue weighted by atomic mass is 9.99. The van der Waals surface area contributed by atoms with Gasteiger partial charge in [0.05, 0.1) is 12.8 Å². The minimum Gasteiger partial charge on any atom is -0.496 e. The highest BCUT2D eigenvalue weighted by Gasteiger charge is 2.31. The second-order valence-corrected chi connectivity index (χ2v) is 7.43. The van der Waals surface area contributed by atoms with Crippen LogP contribution >= 0.6 is 11.8 Å². The fraction of sp³-hybridized carbons (Fsp3) is 0.333. The molecule has 4 nitrogen and oxygen atoms in total. The Balaban J connectivity index is 2.16. The number of benzene rings is 2. The third-order valence-corrected chi connectivity index (χ3v) is 5.39. The fourth-order valence-corrected chi connectivity index (χ4v) is 3.81. The van der Waals surface area contributed by atoms with Gasteiger partial charge in [-0.2, -0.15) is 0 Å². The van der Waals surface area contributed by atoms with Gasteiger partial charge in [0, 0.05) is 21.4 Å². The van der Waals surface area contributed by atoms with Crippen LogP contribution in [0, 0.1) is 0 Å². The Morgan fingerprint density at radius 3 is 2.55 bits per heavy atom. The lowest BCUT2D eigenvalue weighted by Gasteiger charge is -2.12. The normalized spacial score (nSPS) is 11.8. The first-order valence-corrected chi connectivity index (χ1v) is 10.4. The molecule has 0 unspecified atom stereocenters. The number of methoxy groups -OCH3 is 1. The zero-order valence-electron chi connectivity index (χ0n) is 16.2. The molecule has 0 aliphatic heterocycles. The molecule has 156 valence electrons. The first-order valence-electron chi connectivity index (χ1n) is 9.19. The van der Waals surface area contributed by atoms with Crippen molar-refractivity contribution in [3.63, 3.8) is 0 Å². The summed E-state index contributed by atoms with van der Waals surface area (Å²) in [6, 6.07) is 10.2. The lowest BCUT2D eigenvalue weighted by molar-refractivity contribution is -0.274. The van der Waals surface area contributed by atoms with Crippen molar-refractivity contribution in [2.24, 2.45) is 5.73 Å². The van der Waals surface area contributed by atoms with Gasteiger partial charge in [0.1, 0.15) is 11.5 Å². The predicted octanol–water partition coefficient (Wildman–Crippen LogP) is 5.75. The van der Waals surface area contributed by atoms with Gasteiger partial charge in [-0.1, -0.05) is 0 Å². The summed E-state index contributed by atoms with van der Waals surface area (Å²) in [5, 5.41) is 0.704. The molecule has 0 saturated heterocycles. The molecule has 1 aromatic heterocycles. The lowest BCUT2D eigenvalue weighted by Crippen LogP contribution is -2.16. The average molecular weight is 424 g/mol. The number of halogens is 3. The molecule has 8 heteroatoms. The molecule has 3 rings (SSSR count). The summed E-state index contributed by atoms with van der Waals surface area (Å²) in [5.41, 5.74) is 9.02. The number of alkyl halides is 3. The van der Waals surface area contributed by atoms with Crippen LogP contribution in [0.5, 0.6) is 11.5 Å². The first-order chi connectivity index (χ1) is 13.9. The molecule has 0 spiro atoms. The van der Waals surface area contributed by atoms with Crippen LogP contribution in [0.4, 0.5) is 13.2 Å². The highest BCUT2D eigenvalue weighted by atomic mass is 32.2. The molecule has 29 heavy (non-hydrogen) atoms. The van der Waals surface area contributed by atoms with Crippen LogP contribution in [0.1, 0.15) is 18.4 Å². The van der Waals surface area contributed by atoms with Crippen molar-refractivity contribution in [1.29, 1.82) is 0 Å². The molecule has 0 bridgehead atoms. The molecule has 0 aliphatic rings. The van der Waals surface area contributed by atoms with Gasteiger partial charge in [0.15, 0.2) is 0 Å². The van der Waals surface area contributed by atoms with Gasteiger partial charge in [-0.25, -0.2) is 0 Å². The van der Waals surface area contributed by atoms with E-state index in [-0.39, 0.29) is 5.75 Å². The maximum Gasteiger partial charge on any atom is 0.573 e. The second kappa shape index (κ2) is 9.00. The summed E-state index contributed by atoms with van der Waals surface area (Å²) < 4.78 is 47.7. The van der Waals surface area contributed by atoms with Crippen molar-refractivity contribution in [3.05, 3.63) is 42.0 Å². The number of nitrogens with one attached hydrogen (secondary N) is 1. The average Bonchev–Trinajstić information content (AvgIpc) is 3.04. The van der Waals surface area contributed by atoms with E-state index in [2.05, 4.69) is 9.72 Å². The molecule has 0 aliphatic carbocycles. The van der Waals surface area contributed by atoms with Gasteiger partial charge in [0.25, 0.3) is 0 Å². The van der Waals surface area contributed by atoms with Gasteiger partial charge in [-0.15, -0.1) is 24.9 Å². The van der Waals surface area contributed by atoms with Gasteiger partial charge < -0.3 is 20.2 Å². The van der Waals surface area contributed by atoms with Crippen LogP contribution < -0.4 is 15.2 Å². The van der Waals surface area contributed by atoms with Gasteiger partial charge in [0.2, 0.25) is 0 Å². The molecule has 3 N–H and O–H groups in total. The van der Waals surface area contributed by atoms with E-state index in [9.17, 15) is 13.2 Å². The van der Waals surface area contributed by atoms with E-state index in [1.807, 2.05) is 24.5 Å². The molecule has 0 amide bonds. The number of rotatable bonds is 8. The second-order valence-electron chi connectivity index (χ2n) is 6.55. The minimum absolute atomic E-state index is 0.236. The van der Waals surface area contributed by atoms with Crippen LogP contribution in [0.15, 0.2) is 41.3 Å². The zero-order chi connectivity index (χ0) is 21.0. The standard InChI is InChI=1S/C21H23F3N2O2S/c1-27-19-9-7-14(29-2)12-17(19)20-15(5-3-4-10-25)16-11-13(28-21(22,23)24)6-8-18(16)26-20/h6-9,11-12,26H,3-5,10,25H2,1-2H3. The van der Waals surface area contributed by atoms with E-state index in [4.69, 9.17) is 10.5 Å². The van der Waals surface area contributed by atoms with Crippen molar-refractivity contribution in [2.45, 2.75) is 30.5 Å². The zero-order valence-corrected chi connectivity index (χ0v) is 17.0. The molecule has 0 saturated carbocycles. The SMILES string of the molecule is COc1ccc(SC)cc1-c1[nH]c2ccc(OC(F)(F)F)cc2c1CCCCN. The molecule has 3 aromatic rings. The van der Waals surface area contributed by atoms with Gasteiger partial charge >= 0.3 is 6.36 Å². The summed E-state index contributed by atoms with van der Waals surface area (Å²) in [6.45, 7) is 0.561. The van der Waals surface area contributed by atoms with Crippen LogP contribution in [0.2, 0.25) is 0 Å². The quantitative estimate of drug-likeness (QED) is 0.357. The third kappa shape index (κ3) is 5.00. The van der Waals surface area contributed by atoms with Gasteiger partial charge in [-0.05, 0) is 74.0 Å². The molecule has 0 radical (unpaired) electrons. The van der Waals surface area contributed by atoms with E-state index < -0.39 is 6.36 Å². The summed E-state index contributed by atoms with van der Waals surface area (Å²) in [6.07, 6.45) is -0.422. The Bertz CT molecular complexity index is 986. The minimum atomic E-state index is -4.73. The van der Waals surface area contributed by atoms with Crippen molar-refractivity contribution in [1.82, 2.24) is 4.98 Å². The van der Waals surface area contributed by atoms with Gasteiger partial charge in [-0.3, -0.25) is 0 Å². The highest BCUT2D eigenvalue weighted by Crippen LogP contribution is 2.39. The van der Waals surface area contributed by atoms with E-state index in [1.54, 1.807) is 24.9 Å². The van der Waals surface area contributed by atoms with Crippen molar-refractivity contribution < 1.29 is 22.6 Å². The predicted molar refractivity (Wildman–Crippen MR) is 111 cm³/mol. The Morgan fingerprint density at radius 2 is 1.90 bits per heavy atom. The summed E-state index contributed by atoms with van der Waals surface area (Å²) in [5.74, 6) is 0.460. The number of ether oxygens (including phenoxy) is 2.